The molecule has 2 N–H and O–H groups in total. The van der Waals surface area contributed by atoms with E-state index >= 15 is 0 Å². The van der Waals surface area contributed by atoms with Gasteiger partial charge in [-0.3, -0.25) is 0 Å². The van der Waals surface area contributed by atoms with E-state index in [1.165, 1.54) is 4.90 Å². The number of nitrogens with one attached hydrogen (secondary N) is 1. The van der Waals surface area contributed by atoms with Crippen LogP contribution in [-0.4, -0.2) is 45.4 Å². The summed E-state index contributed by atoms with van der Waals surface area (Å²) in [5.41, 5.74) is 1.98. The molecule has 6 nitrogen and oxygen atoms in total. The minimum Gasteiger partial charge on any atom is -0.465 e. The molecule has 114 valence electrons. The van der Waals surface area contributed by atoms with Gasteiger partial charge in [0.2, 0.25) is 0 Å². The molecule has 0 spiro atoms. The van der Waals surface area contributed by atoms with Crippen LogP contribution in [0.3, 0.4) is 0 Å². The Labute approximate surface area is 128 Å². The van der Waals surface area contributed by atoms with Gasteiger partial charge in [0.1, 0.15) is 0 Å². The Kier molecular flexibility index (Phi) is 3.65. The lowest BCUT2D eigenvalue weighted by atomic mass is 10.0. The van der Waals surface area contributed by atoms with E-state index in [-0.39, 0.29) is 0 Å². The van der Waals surface area contributed by atoms with Crippen LogP contribution in [-0.2, 0) is 0 Å². The lowest BCUT2D eigenvalue weighted by Crippen LogP contribution is -2.29. The minimum absolute atomic E-state index is 0.338. The van der Waals surface area contributed by atoms with Crippen molar-refractivity contribution in [3.63, 3.8) is 0 Å². The molecule has 1 aliphatic heterocycles. The van der Waals surface area contributed by atoms with Gasteiger partial charge in [-0.1, -0.05) is 11.6 Å². The summed E-state index contributed by atoms with van der Waals surface area (Å²) in [6.07, 6.45) is 1.16. The van der Waals surface area contributed by atoms with Crippen LogP contribution in [0.15, 0.2) is 0 Å². The SMILES string of the molecule is Cc1c(Cl)nnc(N[C@H]2C[C@@H]3CN(C(=O)O)C[C@@H]3C2)c1C. The first-order valence-corrected chi connectivity index (χ1v) is 7.57. The molecule has 1 aromatic rings. The van der Waals surface area contributed by atoms with E-state index in [0.717, 1.165) is 29.8 Å². The number of aromatic nitrogens is 2. The number of likely N-dealkylation sites (tertiary alicyclic amines) is 1. The van der Waals surface area contributed by atoms with E-state index in [1.807, 2.05) is 13.8 Å². The molecule has 1 amide bonds. The predicted molar refractivity (Wildman–Crippen MR) is 79.7 cm³/mol. The largest absolute Gasteiger partial charge is 0.465 e. The Morgan fingerprint density at radius 1 is 1.24 bits per heavy atom. The van der Waals surface area contributed by atoms with Crippen molar-refractivity contribution >= 4 is 23.5 Å². The maximum Gasteiger partial charge on any atom is 0.407 e. The number of hydrogen-bond acceptors (Lipinski definition) is 4. The third-order valence-corrected chi connectivity index (χ3v) is 5.19. The van der Waals surface area contributed by atoms with Gasteiger partial charge in [-0.25, -0.2) is 4.79 Å². The highest BCUT2D eigenvalue weighted by Crippen LogP contribution is 2.39. The van der Waals surface area contributed by atoms with E-state index in [1.54, 1.807) is 0 Å². The second-order valence-corrected chi connectivity index (χ2v) is 6.47. The van der Waals surface area contributed by atoms with Crippen molar-refractivity contribution in [1.29, 1.82) is 0 Å². The van der Waals surface area contributed by atoms with Crippen LogP contribution in [0.1, 0.15) is 24.0 Å². The van der Waals surface area contributed by atoms with Crippen LogP contribution in [0.4, 0.5) is 10.6 Å². The number of fused-ring (bicyclic) bond motifs is 1. The van der Waals surface area contributed by atoms with Gasteiger partial charge in [-0.05, 0) is 49.7 Å². The van der Waals surface area contributed by atoms with E-state index in [4.69, 9.17) is 16.7 Å². The zero-order chi connectivity index (χ0) is 15.1. The topological polar surface area (TPSA) is 78.4 Å². The zero-order valence-electron chi connectivity index (χ0n) is 12.1. The van der Waals surface area contributed by atoms with E-state index in [2.05, 4.69) is 15.5 Å². The summed E-state index contributed by atoms with van der Waals surface area (Å²) < 4.78 is 0. The first-order chi connectivity index (χ1) is 9.95. The van der Waals surface area contributed by atoms with Gasteiger partial charge >= 0.3 is 6.09 Å². The lowest BCUT2D eigenvalue weighted by Gasteiger charge is -2.19. The number of hydrogen-bond donors (Lipinski definition) is 2. The summed E-state index contributed by atoms with van der Waals surface area (Å²) in [7, 11) is 0. The number of anilines is 1. The smallest absolute Gasteiger partial charge is 0.407 e. The van der Waals surface area contributed by atoms with Crippen molar-refractivity contribution in [1.82, 2.24) is 15.1 Å². The Bertz CT molecular complexity index is 566. The second-order valence-electron chi connectivity index (χ2n) is 6.11. The fraction of sp³-hybridized carbons (Fsp3) is 0.643. The molecule has 21 heavy (non-hydrogen) atoms. The maximum absolute atomic E-state index is 11.0. The van der Waals surface area contributed by atoms with Crippen LogP contribution in [0.2, 0.25) is 5.15 Å². The quantitative estimate of drug-likeness (QED) is 0.877. The molecule has 0 aromatic carbocycles. The number of nitrogens with zero attached hydrogens (tertiary/aromatic N) is 3. The molecule has 1 saturated heterocycles. The first-order valence-electron chi connectivity index (χ1n) is 7.19. The van der Waals surface area contributed by atoms with Gasteiger partial charge in [0, 0.05) is 19.1 Å². The van der Waals surface area contributed by atoms with Crippen LogP contribution in [0.25, 0.3) is 0 Å². The predicted octanol–water partition coefficient (Wildman–Crippen LogP) is 2.55. The normalized spacial score (nSPS) is 27.8. The average molecular weight is 311 g/mol. The standard InChI is InChI=1S/C14H19ClN4O2/c1-7-8(2)13(18-17-12(7)15)16-11-3-9-5-19(14(20)21)6-10(9)4-11/h9-11H,3-6H2,1-2H3,(H,16,18)(H,20,21)/t9-,10+,11+. The van der Waals surface area contributed by atoms with Gasteiger partial charge < -0.3 is 15.3 Å². The van der Waals surface area contributed by atoms with Crippen molar-refractivity contribution in [2.45, 2.75) is 32.7 Å². The Morgan fingerprint density at radius 3 is 2.43 bits per heavy atom. The molecule has 0 bridgehead atoms. The summed E-state index contributed by atoms with van der Waals surface area (Å²) in [5, 5.41) is 21.0. The Hall–Kier alpha value is -1.56. The fourth-order valence-corrected chi connectivity index (χ4v) is 3.66. The highest BCUT2D eigenvalue weighted by Gasteiger charge is 2.42. The van der Waals surface area contributed by atoms with Gasteiger partial charge in [0.05, 0.1) is 0 Å². The van der Waals surface area contributed by atoms with Crippen LogP contribution in [0.5, 0.6) is 0 Å². The van der Waals surface area contributed by atoms with Gasteiger partial charge in [0.15, 0.2) is 11.0 Å². The van der Waals surface area contributed by atoms with E-state index < -0.39 is 6.09 Å². The summed E-state index contributed by atoms with van der Waals surface area (Å²) in [6.45, 7) is 5.23. The van der Waals surface area contributed by atoms with E-state index in [0.29, 0.717) is 36.1 Å². The summed E-state index contributed by atoms with van der Waals surface area (Å²) in [6, 6.07) is 0.338. The number of rotatable bonds is 2. The Morgan fingerprint density at radius 2 is 1.86 bits per heavy atom. The monoisotopic (exact) mass is 310 g/mol. The van der Waals surface area contributed by atoms with Gasteiger partial charge in [-0.15, -0.1) is 10.2 Å². The van der Waals surface area contributed by atoms with Gasteiger partial charge in [-0.2, -0.15) is 0 Å². The van der Waals surface area contributed by atoms with Crippen molar-refractivity contribution in [2.75, 3.05) is 18.4 Å². The summed E-state index contributed by atoms with van der Waals surface area (Å²) in [5.74, 6) is 1.71. The maximum atomic E-state index is 11.0. The highest BCUT2D eigenvalue weighted by atomic mass is 35.5. The third kappa shape index (κ3) is 2.64. The number of carboxylic acid groups (broad SMARTS) is 1. The number of halogens is 1. The second kappa shape index (κ2) is 5.33. The van der Waals surface area contributed by atoms with Crippen LogP contribution in [0, 0.1) is 25.7 Å². The van der Waals surface area contributed by atoms with Gasteiger partial charge in [0.25, 0.3) is 0 Å². The number of amides is 1. The average Bonchev–Trinajstić information content (AvgIpc) is 2.97. The van der Waals surface area contributed by atoms with Crippen LogP contribution < -0.4 is 5.32 Å². The molecule has 2 heterocycles. The molecule has 1 aliphatic carbocycles. The van der Waals surface area contributed by atoms with Crippen LogP contribution >= 0.6 is 11.6 Å². The fourth-order valence-electron chi connectivity index (χ4n) is 3.48. The lowest BCUT2D eigenvalue weighted by molar-refractivity contribution is 0.152. The first kappa shape index (κ1) is 14.4. The molecule has 3 rings (SSSR count). The molecule has 2 fully saturated rings. The molecule has 1 aromatic heterocycles. The summed E-state index contributed by atoms with van der Waals surface area (Å²) in [4.78, 5) is 12.5. The molecule has 2 aliphatic rings. The van der Waals surface area contributed by atoms with Crippen molar-refractivity contribution in [3.8, 4) is 0 Å². The highest BCUT2D eigenvalue weighted by molar-refractivity contribution is 6.30. The summed E-state index contributed by atoms with van der Waals surface area (Å²) >= 11 is 5.96. The molecule has 0 unspecified atom stereocenters. The molecular weight excluding hydrogens is 292 g/mol. The zero-order valence-corrected chi connectivity index (χ0v) is 12.9. The van der Waals surface area contributed by atoms with E-state index in [9.17, 15) is 4.79 Å². The molecule has 1 saturated carbocycles. The third-order valence-electron chi connectivity index (χ3n) is 4.83. The minimum atomic E-state index is -0.802. The molecule has 3 atom stereocenters. The van der Waals surface area contributed by atoms with Crippen molar-refractivity contribution in [3.05, 3.63) is 16.3 Å². The number of carbonyl (C=O) groups is 1. The van der Waals surface area contributed by atoms with Crippen molar-refractivity contribution < 1.29 is 9.90 Å². The molecule has 7 heteroatoms. The Balaban J connectivity index is 1.65. The molecule has 0 radical (unpaired) electrons. The molecular formula is C14H19ClN4O2. The van der Waals surface area contributed by atoms with Crippen molar-refractivity contribution in [2.24, 2.45) is 11.8 Å².